The first-order chi connectivity index (χ1) is 34.2. The van der Waals surface area contributed by atoms with Crippen LogP contribution in [0.3, 0.4) is 0 Å². The van der Waals surface area contributed by atoms with Gasteiger partial charge in [-0.1, -0.05) is 176 Å². The highest BCUT2D eigenvalue weighted by molar-refractivity contribution is 7.26. The predicted molar refractivity (Wildman–Crippen MR) is 287 cm³/mol. The summed E-state index contributed by atoms with van der Waals surface area (Å²) in [5, 5.41) is 6.95. The first-order valence-corrected chi connectivity index (χ1v) is 24.4. The Hall–Kier alpha value is -8.70. The fourth-order valence-corrected chi connectivity index (χ4v) is 13.0. The highest BCUT2D eigenvalue weighted by Crippen LogP contribution is 2.64. The van der Waals surface area contributed by atoms with Crippen molar-refractivity contribution >= 4 is 81.3 Å². The van der Waals surface area contributed by atoms with E-state index in [0.717, 1.165) is 83.7 Å². The lowest BCUT2D eigenvalue weighted by molar-refractivity contribution is 0.438. The molecule has 3 heterocycles. The summed E-state index contributed by atoms with van der Waals surface area (Å²) in [4.78, 5) is 2.47. The number of hydrogen-bond acceptors (Lipinski definition) is 4. The third-order valence-electron chi connectivity index (χ3n) is 14.7. The molecule has 13 aromatic rings. The molecular formula is C65H39NO2S. The molecule has 0 unspecified atom stereocenters. The van der Waals surface area contributed by atoms with E-state index in [-0.39, 0.29) is 0 Å². The number of thiophene rings is 1. The minimum atomic E-state index is -0.723. The number of benzene rings is 11. The molecule has 0 saturated carbocycles. The molecule has 2 aromatic heterocycles. The van der Waals surface area contributed by atoms with Gasteiger partial charge in [0.2, 0.25) is 0 Å². The van der Waals surface area contributed by atoms with Gasteiger partial charge in [0.05, 0.1) is 16.8 Å². The maximum atomic E-state index is 7.47. The lowest BCUT2D eigenvalue weighted by atomic mass is 9.65. The minimum absolute atomic E-state index is 0.723. The number of para-hydroxylation sites is 3. The molecule has 69 heavy (non-hydrogen) atoms. The van der Waals surface area contributed by atoms with Crippen LogP contribution in [0.15, 0.2) is 241 Å². The fraction of sp³-hybridized carbons (Fsp3) is 0.0154. The van der Waals surface area contributed by atoms with Gasteiger partial charge in [-0.05, 0) is 110 Å². The van der Waals surface area contributed by atoms with E-state index >= 15 is 0 Å². The van der Waals surface area contributed by atoms with E-state index in [1.54, 1.807) is 0 Å². The summed E-state index contributed by atoms with van der Waals surface area (Å²) in [6.45, 7) is 0. The second-order valence-corrected chi connectivity index (χ2v) is 19.3. The Kier molecular flexibility index (Phi) is 8.15. The van der Waals surface area contributed by atoms with Crippen LogP contribution in [0, 0.1) is 0 Å². The Morgan fingerprint density at radius 2 is 1.03 bits per heavy atom. The van der Waals surface area contributed by atoms with Gasteiger partial charge >= 0.3 is 0 Å². The van der Waals surface area contributed by atoms with Crippen molar-refractivity contribution in [3.8, 4) is 44.9 Å². The molecule has 3 nitrogen and oxygen atoms in total. The van der Waals surface area contributed by atoms with Crippen LogP contribution in [0.5, 0.6) is 11.5 Å². The Morgan fingerprint density at radius 1 is 0.391 bits per heavy atom. The maximum Gasteiger partial charge on any atom is 0.159 e. The Bertz CT molecular complexity index is 4210. The normalized spacial score (nSPS) is 13.2. The number of ether oxygens (including phenoxy) is 1. The number of furan rings is 1. The largest absolute Gasteiger partial charge is 0.456 e. The molecule has 0 bridgehead atoms. The molecule has 4 heteroatoms. The van der Waals surface area contributed by atoms with E-state index in [1.807, 2.05) is 11.3 Å². The average Bonchev–Trinajstić information content (AvgIpc) is 4.08. The van der Waals surface area contributed by atoms with E-state index in [1.165, 1.54) is 53.4 Å². The van der Waals surface area contributed by atoms with E-state index in [2.05, 4.69) is 241 Å². The zero-order valence-corrected chi connectivity index (χ0v) is 38.0. The van der Waals surface area contributed by atoms with Gasteiger partial charge in [0.25, 0.3) is 0 Å². The van der Waals surface area contributed by atoms with Crippen LogP contribution in [-0.4, -0.2) is 0 Å². The van der Waals surface area contributed by atoms with Gasteiger partial charge in [-0.3, -0.25) is 0 Å². The fourth-order valence-electron chi connectivity index (χ4n) is 11.9. The summed E-state index contributed by atoms with van der Waals surface area (Å²) in [6, 6.07) is 86.3. The van der Waals surface area contributed by atoms with Crippen molar-refractivity contribution in [2.75, 3.05) is 4.90 Å². The summed E-state index contributed by atoms with van der Waals surface area (Å²) in [5.74, 6) is 1.70. The van der Waals surface area contributed by atoms with Gasteiger partial charge in [-0.2, -0.15) is 0 Å². The lowest BCUT2D eigenvalue weighted by Crippen LogP contribution is -2.32. The number of hydrogen-bond donors (Lipinski definition) is 0. The summed E-state index contributed by atoms with van der Waals surface area (Å²) in [7, 11) is 0. The highest BCUT2D eigenvalue weighted by Gasteiger charge is 2.52. The first-order valence-electron chi connectivity index (χ1n) is 23.6. The van der Waals surface area contributed by atoms with Crippen molar-refractivity contribution in [1.29, 1.82) is 0 Å². The number of rotatable bonds is 5. The second kappa shape index (κ2) is 14.6. The standard InChI is InChI=1S/C65H39NO2S/c1-2-18-40(19-3-1)50-37-42(36-41-20-4-5-21-44(41)50)51-38-43(39-55-63(51)68-59-33-14-12-29-54(59)65(55)52-27-10-6-22-45(52)46-23-7-11-28-53(46)65)66(56-30-17-35-61-62(56)49-25-9-15-34-60(49)69-61)57-31-16-26-48-47-24-8-13-32-58(47)67-64(48)57/h1-39H. The zero-order valence-electron chi connectivity index (χ0n) is 37.2. The number of anilines is 3. The molecule has 0 atom stereocenters. The van der Waals surface area contributed by atoms with Crippen LogP contribution < -0.4 is 9.64 Å². The van der Waals surface area contributed by atoms with Gasteiger partial charge in [-0.15, -0.1) is 11.3 Å². The van der Waals surface area contributed by atoms with Crippen LogP contribution in [0.2, 0.25) is 0 Å². The molecule has 0 fully saturated rings. The minimum Gasteiger partial charge on any atom is -0.456 e. The molecule has 322 valence electrons. The highest BCUT2D eigenvalue weighted by atomic mass is 32.1. The molecule has 2 aliphatic rings. The van der Waals surface area contributed by atoms with Crippen LogP contribution >= 0.6 is 11.3 Å². The molecule has 0 N–H and O–H groups in total. The van der Waals surface area contributed by atoms with Crippen LogP contribution in [0.1, 0.15) is 22.3 Å². The third-order valence-corrected chi connectivity index (χ3v) is 15.8. The molecule has 15 rings (SSSR count). The lowest BCUT2D eigenvalue weighted by Gasteiger charge is -2.41. The molecule has 1 aliphatic heterocycles. The Balaban J connectivity index is 1.13. The van der Waals surface area contributed by atoms with Crippen molar-refractivity contribution in [3.05, 3.63) is 259 Å². The summed E-state index contributed by atoms with van der Waals surface area (Å²) >= 11 is 1.84. The molecule has 1 aliphatic carbocycles. The Labute approximate surface area is 402 Å². The summed E-state index contributed by atoms with van der Waals surface area (Å²) in [5.41, 5.74) is 15.6. The van der Waals surface area contributed by atoms with Crippen molar-refractivity contribution < 1.29 is 9.15 Å². The molecule has 0 saturated heterocycles. The Morgan fingerprint density at radius 3 is 1.87 bits per heavy atom. The quantitative estimate of drug-likeness (QED) is 0.172. The second-order valence-electron chi connectivity index (χ2n) is 18.3. The van der Waals surface area contributed by atoms with E-state index < -0.39 is 5.41 Å². The monoisotopic (exact) mass is 897 g/mol. The molecule has 1 spiro atoms. The van der Waals surface area contributed by atoms with Gasteiger partial charge in [0.1, 0.15) is 17.1 Å². The van der Waals surface area contributed by atoms with E-state index in [9.17, 15) is 0 Å². The number of nitrogens with zero attached hydrogens (tertiary/aromatic N) is 1. The van der Waals surface area contributed by atoms with Crippen molar-refractivity contribution in [1.82, 2.24) is 0 Å². The zero-order chi connectivity index (χ0) is 45.2. The number of fused-ring (bicyclic) bond motifs is 16. The van der Waals surface area contributed by atoms with Gasteiger partial charge in [0, 0.05) is 53.3 Å². The molecular weight excluding hydrogens is 859 g/mol. The van der Waals surface area contributed by atoms with Crippen molar-refractivity contribution in [2.24, 2.45) is 0 Å². The van der Waals surface area contributed by atoms with Crippen LogP contribution in [0.25, 0.3) is 86.3 Å². The topological polar surface area (TPSA) is 25.6 Å². The van der Waals surface area contributed by atoms with Crippen molar-refractivity contribution in [3.63, 3.8) is 0 Å². The van der Waals surface area contributed by atoms with Crippen LogP contribution in [-0.2, 0) is 5.41 Å². The van der Waals surface area contributed by atoms with Crippen molar-refractivity contribution in [2.45, 2.75) is 5.41 Å². The first kappa shape index (κ1) is 38.4. The van der Waals surface area contributed by atoms with E-state index in [4.69, 9.17) is 9.15 Å². The predicted octanol–water partition coefficient (Wildman–Crippen LogP) is 18.4. The molecule has 0 radical (unpaired) electrons. The van der Waals surface area contributed by atoms with Crippen LogP contribution in [0.4, 0.5) is 17.1 Å². The molecule has 0 amide bonds. The smallest absolute Gasteiger partial charge is 0.159 e. The van der Waals surface area contributed by atoms with Gasteiger partial charge in [0.15, 0.2) is 5.58 Å². The van der Waals surface area contributed by atoms with E-state index in [0.29, 0.717) is 0 Å². The summed E-state index contributed by atoms with van der Waals surface area (Å²) < 4.78 is 16.9. The van der Waals surface area contributed by atoms with Gasteiger partial charge < -0.3 is 14.1 Å². The molecule has 11 aromatic carbocycles. The third kappa shape index (κ3) is 5.43. The average molecular weight is 898 g/mol. The SMILES string of the molecule is c1ccc(-c2cc(-c3cc(N(c4cccc5c4oc4ccccc45)c4cccc5sc6ccccc6c45)cc4c3Oc3ccccc3C43c4ccccc4-c4ccccc43)cc3ccccc23)cc1. The maximum absolute atomic E-state index is 7.47. The van der Waals surface area contributed by atoms with Gasteiger partial charge in [-0.25, -0.2) is 0 Å². The summed E-state index contributed by atoms with van der Waals surface area (Å²) in [6.07, 6.45) is 0.